The Morgan fingerprint density at radius 2 is 1.88 bits per heavy atom. The average molecular weight is 433 g/mol. The maximum atomic E-state index is 11.9. The second kappa shape index (κ2) is 8.34. The van der Waals surface area contributed by atoms with Gasteiger partial charge < -0.3 is 13.9 Å². The van der Waals surface area contributed by atoms with Crippen molar-refractivity contribution in [3.05, 3.63) is 0 Å². The zero-order valence-electron chi connectivity index (χ0n) is 15.9. The molecule has 1 heterocycles. The van der Waals surface area contributed by atoms with Crippen molar-refractivity contribution in [2.24, 2.45) is 4.99 Å². The van der Waals surface area contributed by atoms with Crippen molar-refractivity contribution in [1.82, 2.24) is 0 Å². The van der Waals surface area contributed by atoms with Gasteiger partial charge in [-0.05, 0) is 32.0 Å². The third-order valence-corrected chi connectivity index (χ3v) is 9.64. The largest absolute Gasteiger partial charge is 0.470 e. The van der Waals surface area contributed by atoms with E-state index in [1.165, 1.54) is 0 Å². The number of ether oxygens (including phenoxy) is 2. The van der Waals surface area contributed by atoms with Gasteiger partial charge in [-0.2, -0.15) is 0 Å². The van der Waals surface area contributed by atoms with E-state index in [0.717, 1.165) is 0 Å². The summed E-state index contributed by atoms with van der Waals surface area (Å²) in [7, 11) is -2.03. The maximum Gasteiger partial charge on any atom is 0.308 e. The summed E-state index contributed by atoms with van der Waals surface area (Å²) in [6.45, 7) is 14.7. The molecule has 1 rings (SSSR count). The van der Waals surface area contributed by atoms with E-state index in [4.69, 9.17) is 48.7 Å². The first-order chi connectivity index (χ1) is 11.2. The van der Waals surface area contributed by atoms with Crippen LogP contribution in [0.15, 0.2) is 4.99 Å². The Kier molecular flexibility index (Phi) is 7.68. The van der Waals surface area contributed by atoms with E-state index in [0.29, 0.717) is 6.61 Å². The van der Waals surface area contributed by atoms with Gasteiger partial charge in [0.2, 0.25) is 5.90 Å². The van der Waals surface area contributed by atoms with Crippen LogP contribution in [0.5, 0.6) is 0 Å². The second-order valence-electron chi connectivity index (χ2n) is 7.67. The molecular weight excluding hydrogens is 405 g/mol. The van der Waals surface area contributed by atoms with Crippen LogP contribution >= 0.6 is 34.8 Å². The molecule has 1 aliphatic rings. The molecule has 0 amide bonds. The van der Waals surface area contributed by atoms with Gasteiger partial charge >= 0.3 is 5.97 Å². The molecule has 0 aromatic rings. The fraction of sp³-hybridized carbons (Fsp3) is 0.875. The van der Waals surface area contributed by atoms with Gasteiger partial charge in [-0.3, -0.25) is 4.79 Å². The number of hydrogen-bond donors (Lipinski definition) is 0. The minimum absolute atomic E-state index is 0.0116. The molecule has 3 atom stereocenters. The van der Waals surface area contributed by atoms with Crippen LogP contribution in [0.2, 0.25) is 18.1 Å². The molecule has 0 fully saturated rings. The summed E-state index contributed by atoms with van der Waals surface area (Å²) in [4.78, 5) is 16.2. The monoisotopic (exact) mass is 431 g/mol. The highest BCUT2D eigenvalue weighted by Crippen LogP contribution is 2.40. The highest BCUT2D eigenvalue weighted by molar-refractivity contribution is 6.76. The standard InChI is InChI=1S/C16H28Cl3NO4Si/c1-8-22-12(21)9-11-13(23-14(20-11)16(17,18)19)10(2)24-25(6,7)15(3,4)5/h10-11,13H,8-9H2,1-7H3/t10-,11-,13-/m0/s1. The zero-order chi connectivity index (χ0) is 19.6. The van der Waals surface area contributed by atoms with E-state index >= 15 is 0 Å². The average Bonchev–Trinajstić information content (AvgIpc) is 2.80. The van der Waals surface area contributed by atoms with Gasteiger partial charge in [0.05, 0.1) is 19.1 Å². The first kappa shape index (κ1) is 23.0. The van der Waals surface area contributed by atoms with Gasteiger partial charge in [0.15, 0.2) is 8.32 Å². The molecule has 0 saturated heterocycles. The summed E-state index contributed by atoms with van der Waals surface area (Å²) in [6.07, 6.45) is -0.772. The molecule has 0 bridgehead atoms. The van der Waals surface area contributed by atoms with Crippen LogP contribution in [0.4, 0.5) is 0 Å². The molecular formula is C16H28Cl3NO4Si. The smallest absolute Gasteiger partial charge is 0.308 e. The van der Waals surface area contributed by atoms with Crippen LogP contribution in [0.3, 0.4) is 0 Å². The fourth-order valence-corrected chi connectivity index (χ4v) is 3.97. The number of rotatable bonds is 6. The third-order valence-electron chi connectivity index (χ3n) is 4.58. The Morgan fingerprint density at radius 1 is 1.32 bits per heavy atom. The lowest BCUT2D eigenvalue weighted by Crippen LogP contribution is -2.48. The van der Waals surface area contributed by atoms with Crippen LogP contribution in [0.25, 0.3) is 0 Å². The number of nitrogens with zero attached hydrogens (tertiary/aromatic N) is 1. The number of hydrogen-bond acceptors (Lipinski definition) is 5. The summed E-state index contributed by atoms with van der Waals surface area (Å²) in [6, 6.07) is -0.510. The second-order valence-corrected chi connectivity index (χ2v) is 14.7. The molecule has 0 unspecified atom stereocenters. The van der Waals surface area contributed by atoms with Crippen LogP contribution in [-0.2, 0) is 18.7 Å². The topological polar surface area (TPSA) is 57.1 Å². The first-order valence-electron chi connectivity index (χ1n) is 8.34. The number of carbonyl (C=O) groups is 1. The van der Waals surface area contributed by atoms with Crippen molar-refractivity contribution in [3.8, 4) is 0 Å². The van der Waals surface area contributed by atoms with Crippen LogP contribution in [0, 0.1) is 0 Å². The lowest BCUT2D eigenvalue weighted by Gasteiger charge is -2.40. The van der Waals surface area contributed by atoms with Crippen molar-refractivity contribution >= 4 is 55.0 Å². The summed E-state index contributed by atoms with van der Waals surface area (Å²) in [5, 5.41) is 0.0371. The molecule has 0 aromatic heterocycles. The van der Waals surface area contributed by atoms with E-state index in [1.807, 2.05) is 6.92 Å². The van der Waals surface area contributed by atoms with Crippen molar-refractivity contribution in [3.63, 3.8) is 0 Å². The molecule has 0 aliphatic carbocycles. The molecule has 146 valence electrons. The van der Waals surface area contributed by atoms with E-state index in [-0.39, 0.29) is 29.4 Å². The minimum atomic E-state index is -2.03. The molecule has 0 spiro atoms. The SMILES string of the molecule is CCOC(=O)C[C@@H]1N=C(C(Cl)(Cl)Cl)O[C@H]1[C@H](C)O[Si](C)(C)C(C)(C)C. The molecule has 0 saturated carbocycles. The summed E-state index contributed by atoms with van der Waals surface area (Å²) >= 11 is 17.7. The molecule has 0 aromatic carbocycles. The molecule has 5 nitrogen and oxygen atoms in total. The molecule has 9 heteroatoms. The van der Waals surface area contributed by atoms with Crippen LogP contribution in [-0.4, -0.2) is 48.8 Å². The van der Waals surface area contributed by atoms with Gasteiger partial charge in [0.25, 0.3) is 3.79 Å². The number of carbonyl (C=O) groups excluding carboxylic acids is 1. The zero-order valence-corrected chi connectivity index (χ0v) is 19.1. The highest BCUT2D eigenvalue weighted by atomic mass is 35.6. The van der Waals surface area contributed by atoms with E-state index in [1.54, 1.807) is 6.92 Å². The van der Waals surface area contributed by atoms with Crippen molar-refractivity contribution in [2.75, 3.05) is 6.61 Å². The van der Waals surface area contributed by atoms with Gasteiger partial charge in [0.1, 0.15) is 12.1 Å². The van der Waals surface area contributed by atoms with Crippen LogP contribution < -0.4 is 0 Å². The summed E-state index contributed by atoms with van der Waals surface area (Å²) < 4.78 is 15.4. The maximum absolute atomic E-state index is 11.9. The van der Waals surface area contributed by atoms with Gasteiger partial charge in [0, 0.05) is 0 Å². The third kappa shape index (κ3) is 6.28. The summed E-state index contributed by atoms with van der Waals surface area (Å²) in [5.74, 6) is -0.377. The number of alkyl halides is 3. The van der Waals surface area contributed by atoms with Crippen molar-refractivity contribution < 1.29 is 18.7 Å². The number of aliphatic imine (C=N–C) groups is 1. The molecule has 0 N–H and O–H groups in total. The van der Waals surface area contributed by atoms with E-state index < -0.39 is 24.3 Å². The van der Waals surface area contributed by atoms with Gasteiger partial charge in [-0.1, -0.05) is 55.6 Å². The van der Waals surface area contributed by atoms with E-state index in [2.05, 4.69) is 38.9 Å². The minimum Gasteiger partial charge on any atom is -0.470 e. The molecule has 1 aliphatic heterocycles. The van der Waals surface area contributed by atoms with Crippen LogP contribution in [0.1, 0.15) is 41.0 Å². The first-order valence-corrected chi connectivity index (χ1v) is 12.4. The number of esters is 1. The Morgan fingerprint density at radius 3 is 2.32 bits per heavy atom. The van der Waals surface area contributed by atoms with Gasteiger partial charge in [-0.15, -0.1) is 0 Å². The summed E-state index contributed by atoms with van der Waals surface area (Å²) in [5.41, 5.74) is 0. The quantitative estimate of drug-likeness (QED) is 0.341. The number of halogens is 3. The predicted molar refractivity (Wildman–Crippen MR) is 105 cm³/mol. The lowest BCUT2D eigenvalue weighted by molar-refractivity contribution is -0.144. The lowest BCUT2D eigenvalue weighted by atomic mass is 10.0. The predicted octanol–water partition coefficient (Wildman–Crippen LogP) is 4.89. The van der Waals surface area contributed by atoms with E-state index in [9.17, 15) is 4.79 Å². The fourth-order valence-electron chi connectivity index (χ4n) is 2.27. The molecule has 25 heavy (non-hydrogen) atoms. The van der Waals surface area contributed by atoms with Gasteiger partial charge in [-0.25, -0.2) is 4.99 Å². The van der Waals surface area contributed by atoms with Crippen molar-refractivity contribution in [1.29, 1.82) is 0 Å². The highest BCUT2D eigenvalue weighted by Gasteiger charge is 2.47. The Bertz CT molecular complexity index is 514. The Hall–Kier alpha value is -0.0131. The molecule has 0 radical (unpaired) electrons. The van der Waals surface area contributed by atoms with Crippen molar-refractivity contribution in [2.45, 2.75) is 81.2 Å². The Balaban J connectivity index is 2.96. The normalized spacial score (nSPS) is 23.0. The Labute approximate surface area is 166 Å².